The lowest BCUT2D eigenvalue weighted by molar-refractivity contribution is -0.126. The van der Waals surface area contributed by atoms with Gasteiger partial charge in [0.05, 0.1) is 29.6 Å². The van der Waals surface area contributed by atoms with Crippen molar-refractivity contribution in [3.63, 3.8) is 0 Å². The molecule has 2 aromatic heterocycles. The predicted molar refractivity (Wildman–Crippen MR) is 167 cm³/mol. The zero-order valence-electron chi connectivity index (χ0n) is 26.2. The van der Waals surface area contributed by atoms with Gasteiger partial charge >= 0.3 is 0 Å². The van der Waals surface area contributed by atoms with E-state index in [1.807, 2.05) is 30.8 Å². The highest BCUT2D eigenvalue weighted by Crippen LogP contribution is 2.34. The van der Waals surface area contributed by atoms with Gasteiger partial charge in [0, 0.05) is 70.1 Å². The summed E-state index contributed by atoms with van der Waals surface area (Å²) in [6, 6.07) is 4.45. The van der Waals surface area contributed by atoms with Crippen LogP contribution in [-0.2, 0) is 16.0 Å². The Morgan fingerprint density at radius 3 is 2.58 bits per heavy atom. The third-order valence-electron chi connectivity index (χ3n) is 9.41. The molecule has 1 aliphatic carbocycles. The van der Waals surface area contributed by atoms with Crippen molar-refractivity contribution in [2.45, 2.75) is 58.9 Å². The van der Waals surface area contributed by atoms with Gasteiger partial charge in [0.1, 0.15) is 5.82 Å². The number of pyridine rings is 1. The summed E-state index contributed by atoms with van der Waals surface area (Å²) in [5.41, 5.74) is 4.28. The lowest BCUT2D eigenvalue weighted by atomic mass is 9.80. The number of methoxy groups -OCH3 is 1. The molecule has 1 aromatic carbocycles. The van der Waals surface area contributed by atoms with Crippen molar-refractivity contribution in [3.8, 4) is 5.69 Å². The van der Waals surface area contributed by atoms with Crippen molar-refractivity contribution >= 4 is 22.7 Å². The number of aromatic nitrogens is 2. The van der Waals surface area contributed by atoms with Gasteiger partial charge in [-0.1, -0.05) is 0 Å². The summed E-state index contributed by atoms with van der Waals surface area (Å²) >= 11 is 0. The van der Waals surface area contributed by atoms with Crippen molar-refractivity contribution in [2.24, 2.45) is 17.8 Å². The molecule has 1 saturated heterocycles. The highest BCUT2D eigenvalue weighted by molar-refractivity contribution is 5.99. The standard InChI is InChI=1S/C34H46FN5O3/c1-22(2)38(4)34(42)29-15-28(35)10-11-30(29)40-21-27(32-23(3)16-36-17-31(32)40)14-25-19-39(20-25)18-24-6-8-26(9-7-24)33(41)37-12-13-43-5/h10-11,15-17,21-22,24-26H,6-9,12-14,18-20H2,1-5H3,(H,37,41)/t24-,26-. The van der Waals surface area contributed by atoms with Crippen LogP contribution in [0.2, 0.25) is 0 Å². The summed E-state index contributed by atoms with van der Waals surface area (Å²) in [5, 5.41) is 4.16. The molecule has 3 aromatic rings. The number of rotatable bonds is 11. The summed E-state index contributed by atoms with van der Waals surface area (Å²) in [6.07, 6.45) is 10.9. The first-order valence-corrected chi connectivity index (χ1v) is 15.7. The van der Waals surface area contributed by atoms with E-state index in [1.54, 1.807) is 25.1 Å². The van der Waals surface area contributed by atoms with Crippen LogP contribution in [0.1, 0.15) is 61.0 Å². The SMILES string of the molecule is COCCNC(=O)[C@H]1CC[C@H](CN2CC(Cc3cn(-c4ccc(F)cc4C(=O)N(C)C(C)C)c4cncc(C)c34)C2)CC1. The lowest BCUT2D eigenvalue weighted by Crippen LogP contribution is -2.49. The van der Waals surface area contributed by atoms with Crippen molar-refractivity contribution < 1.29 is 18.7 Å². The smallest absolute Gasteiger partial charge is 0.256 e. The van der Waals surface area contributed by atoms with Gasteiger partial charge in [0.25, 0.3) is 5.91 Å². The first-order valence-electron chi connectivity index (χ1n) is 15.7. The van der Waals surface area contributed by atoms with E-state index in [9.17, 15) is 14.0 Å². The van der Waals surface area contributed by atoms with E-state index in [1.165, 1.54) is 17.7 Å². The highest BCUT2D eigenvalue weighted by atomic mass is 19.1. The molecule has 1 aliphatic heterocycles. The average molecular weight is 592 g/mol. The Balaban J connectivity index is 1.25. The second-order valence-electron chi connectivity index (χ2n) is 12.8. The van der Waals surface area contributed by atoms with Crippen LogP contribution < -0.4 is 5.32 Å². The number of benzene rings is 1. The Labute approximate surface area is 254 Å². The molecule has 2 fully saturated rings. The Kier molecular flexibility index (Phi) is 9.82. The van der Waals surface area contributed by atoms with Gasteiger partial charge in [-0.15, -0.1) is 0 Å². The Morgan fingerprint density at radius 2 is 1.88 bits per heavy atom. The number of carbonyl (C=O) groups is 2. The number of nitrogens with zero attached hydrogens (tertiary/aromatic N) is 4. The maximum absolute atomic E-state index is 14.4. The highest BCUT2D eigenvalue weighted by Gasteiger charge is 2.33. The molecule has 8 nitrogen and oxygen atoms in total. The summed E-state index contributed by atoms with van der Waals surface area (Å²) in [6.45, 7) is 10.3. The van der Waals surface area contributed by atoms with Crippen LogP contribution in [0.25, 0.3) is 16.6 Å². The van der Waals surface area contributed by atoms with Crippen LogP contribution in [0.5, 0.6) is 0 Å². The van der Waals surface area contributed by atoms with E-state index < -0.39 is 5.82 Å². The summed E-state index contributed by atoms with van der Waals surface area (Å²) < 4.78 is 21.4. The van der Waals surface area contributed by atoms with E-state index in [4.69, 9.17) is 4.74 Å². The van der Waals surface area contributed by atoms with Crippen LogP contribution in [0, 0.1) is 30.5 Å². The third-order valence-corrected chi connectivity index (χ3v) is 9.41. The fourth-order valence-electron chi connectivity index (χ4n) is 6.77. The number of ether oxygens (including phenoxy) is 1. The van der Waals surface area contributed by atoms with Gasteiger partial charge in [-0.2, -0.15) is 0 Å². The summed E-state index contributed by atoms with van der Waals surface area (Å²) in [5.74, 6) is 0.879. The zero-order valence-corrected chi connectivity index (χ0v) is 26.2. The largest absolute Gasteiger partial charge is 0.383 e. The molecule has 2 amide bonds. The molecule has 3 heterocycles. The fourth-order valence-corrected chi connectivity index (χ4v) is 6.77. The number of likely N-dealkylation sites (tertiary alicyclic amines) is 1. The Hall–Kier alpha value is -3.30. The van der Waals surface area contributed by atoms with E-state index in [0.29, 0.717) is 36.2 Å². The maximum Gasteiger partial charge on any atom is 0.256 e. The van der Waals surface area contributed by atoms with E-state index >= 15 is 0 Å². The number of halogens is 1. The Morgan fingerprint density at radius 1 is 1.14 bits per heavy atom. The fraction of sp³-hybridized carbons (Fsp3) is 0.559. The number of nitrogens with one attached hydrogen (secondary N) is 1. The second kappa shape index (κ2) is 13.6. The van der Waals surface area contributed by atoms with Crippen molar-refractivity contribution in [1.29, 1.82) is 0 Å². The molecule has 1 saturated carbocycles. The number of hydrogen-bond acceptors (Lipinski definition) is 5. The van der Waals surface area contributed by atoms with E-state index in [2.05, 4.69) is 28.3 Å². The van der Waals surface area contributed by atoms with Crippen LogP contribution in [0.4, 0.5) is 4.39 Å². The van der Waals surface area contributed by atoms with Crippen molar-refractivity contribution in [2.75, 3.05) is 46.9 Å². The molecule has 43 heavy (non-hydrogen) atoms. The Bertz CT molecular complexity index is 1440. The van der Waals surface area contributed by atoms with Crippen LogP contribution in [0.3, 0.4) is 0 Å². The minimum absolute atomic E-state index is 0.00770. The molecule has 232 valence electrons. The van der Waals surface area contributed by atoms with Gasteiger partial charge in [0.2, 0.25) is 5.91 Å². The average Bonchev–Trinajstić information content (AvgIpc) is 3.34. The zero-order chi connectivity index (χ0) is 30.7. The van der Waals surface area contributed by atoms with Gasteiger partial charge in [-0.05, 0) is 94.0 Å². The molecular weight excluding hydrogens is 545 g/mol. The molecule has 9 heteroatoms. The second-order valence-corrected chi connectivity index (χ2v) is 12.8. The van der Waals surface area contributed by atoms with E-state index in [0.717, 1.165) is 68.2 Å². The molecule has 0 atom stereocenters. The summed E-state index contributed by atoms with van der Waals surface area (Å²) in [7, 11) is 3.40. The topological polar surface area (TPSA) is 79.7 Å². The van der Waals surface area contributed by atoms with Crippen LogP contribution in [-0.4, -0.2) is 84.2 Å². The van der Waals surface area contributed by atoms with Crippen LogP contribution >= 0.6 is 0 Å². The quantitative estimate of drug-likeness (QED) is 0.318. The van der Waals surface area contributed by atoms with Gasteiger partial charge in [-0.25, -0.2) is 4.39 Å². The molecule has 0 bridgehead atoms. The molecule has 0 spiro atoms. The molecule has 2 aliphatic rings. The molecule has 5 rings (SSSR count). The normalized spacial score (nSPS) is 19.5. The van der Waals surface area contributed by atoms with Gasteiger partial charge in [0.15, 0.2) is 0 Å². The predicted octanol–water partition coefficient (Wildman–Crippen LogP) is 5.00. The molecular formula is C34H46FN5O3. The van der Waals surface area contributed by atoms with Gasteiger partial charge in [-0.3, -0.25) is 14.6 Å². The molecule has 1 N–H and O–H groups in total. The minimum Gasteiger partial charge on any atom is -0.383 e. The molecule has 0 radical (unpaired) electrons. The lowest BCUT2D eigenvalue weighted by Gasteiger charge is -2.42. The van der Waals surface area contributed by atoms with Crippen molar-refractivity contribution in [3.05, 3.63) is 59.3 Å². The first-order chi connectivity index (χ1) is 20.7. The van der Waals surface area contributed by atoms with Gasteiger partial charge < -0.3 is 24.4 Å². The number of amides is 2. The molecule has 0 unspecified atom stereocenters. The number of aryl methyl sites for hydroxylation is 1. The van der Waals surface area contributed by atoms with Crippen LogP contribution in [0.15, 0.2) is 36.8 Å². The first kappa shape index (κ1) is 31.1. The number of fused-ring (bicyclic) bond motifs is 1. The number of carbonyl (C=O) groups excluding carboxylic acids is 2. The summed E-state index contributed by atoms with van der Waals surface area (Å²) in [4.78, 5) is 34.4. The van der Waals surface area contributed by atoms with Crippen molar-refractivity contribution in [1.82, 2.24) is 24.7 Å². The monoisotopic (exact) mass is 591 g/mol. The minimum atomic E-state index is -0.427. The van der Waals surface area contributed by atoms with E-state index in [-0.39, 0.29) is 23.8 Å². The third kappa shape index (κ3) is 6.93. The number of hydrogen-bond donors (Lipinski definition) is 1. The maximum atomic E-state index is 14.4.